The molecule has 4 aromatic rings. The Morgan fingerprint density at radius 3 is 2.93 bits per heavy atom. The molecule has 0 saturated carbocycles. The molecule has 0 saturated heterocycles. The number of fused-ring (bicyclic) bond motifs is 1. The number of carbonyl (C=O) groups is 1. The number of nitrogens with one attached hydrogen (secondary N) is 2. The molecule has 1 aromatic carbocycles. The number of aryl methyl sites for hydroxylation is 2. The average Bonchev–Trinajstić information content (AvgIpc) is 3.44. The highest BCUT2D eigenvalue weighted by atomic mass is 32.2. The maximum absolute atomic E-state index is 12.1. The topological polar surface area (TPSA) is 122 Å². The van der Waals surface area contributed by atoms with Crippen molar-refractivity contribution < 1.29 is 9.21 Å². The van der Waals surface area contributed by atoms with Gasteiger partial charge in [-0.2, -0.15) is 0 Å². The Hall–Kier alpha value is -2.44. The maximum atomic E-state index is 12.1. The number of para-hydroxylation sites is 2. The van der Waals surface area contributed by atoms with E-state index < -0.39 is 0 Å². The van der Waals surface area contributed by atoms with Crippen molar-refractivity contribution in [2.45, 2.75) is 29.3 Å². The highest BCUT2D eigenvalue weighted by Crippen LogP contribution is 2.25. The Morgan fingerprint density at radius 1 is 1.17 bits per heavy atom. The normalized spacial score (nSPS) is 11.2. The molecule has 0 atom stereocenters. The molecule has 2 N–H and O–H groups in total. The van der Waals surface area contributed by atoms with Crippen LogP contribution in [-0.2, 0) is 17.6 Å². The van der Waals surface area contributed by atoms with Crippen molar-refractivity contribution in [2.75, 3.05) is 16.8 Å². The fraction of sp³-hybridized carbons (Fsp3) is 0.294. The van der Waals surface area contributed by atoms with E-state index in [1.807, 2.05) is 31.2 Å². The number of hydrogen-bond donors (Lipinski definition) is 2. The lowest BCUT2D eigenvalue weighted by Gasteiger charge is -1.98. The summed E-state index contributed by atoms with van der Waals surface area (Å²) in [5.74, 6) is 2.26. The van der Waals surface area contributed by atoms with E-state index in [-0.39, 0.29) is 11.7 Å². The van der Waals surface area contributed by atoms with E-state index in [4.69, 9.17) is 4.42 Å². The number of anilines is 1. The number of imidazole rings is 1. The van der Waals surface area contributed by atoms with Crippen molar-refractivity contribution in [3.63, 3.8) is 0 Å². The number of rotatable bonds is 9. The fourth-order valence-electron chi connectivity index (χ4n) is 2.47. The van der Waals surface area contributed by atoms with Crippen LogP contribution >= 0.6 is 34.9 Å². The van der Waals surface area contributed by atoms with E-state index >= 15 is 0 Å². The van der Waals surface area contributed by atoms with Gasteiger partial charge in [-0.05, 0) is 17.9 Å². The lowest BCUT2D eigenvalue weighted by atomic mass is 10.3. The summed E-state index contributed by atoms with van der Waals surface area (Å²) in [6.07, 6.45) is 1.23. The third-order valence-electron chi connectivity index (χ3n) is 3.71. The number of nitrogens with zero attached hydrogens (tertiary/aromatic N) is 5. The van der Waals surface area contributed by atoms with Gasteiger partial charge in [-0.15, -0.1) is 20.4 Å². The number of aromatic nitrogens is 6. The number of carbonyl (C=O) groups excluding carboxylic acids is 1. The Kier molecular flexibility index (Phi) is 6.42. The number of aromatic amines is 1. The quantitative estimate of drug-likeness (QED) is 0.293. The number of thioether (sulfide) groups is 2. The molecule has 0 aliphatic heterocycles. The van der Waals surface area contributed by atoms with Crippen LogP contribution in [0.4, 0.5) is 5.13 Å². The monoisotopic (exact) mass is 447 g/mol. The first kappa shape index (κ1) is 19.9. The lowest BCUT2D eigenvalue weighted by Crippen LogP contribution is -2.13. The summed E-state index contributed by atoms with van der Waals surface area (Å²) < 4.78 is 6.44. The first-order valence-corrected chi connectivity index (χ1v) is 11.6. The molecule has 0 aliphatic rings. The van der Waals surface area contributed by atoms with Gasteiger partial charge in [0.05, 0.1) is 16.8 Å². The molecule has 9 nitrogen and oxygen atoms in total. The molecule has 0 fully saturated rings. The van der Waals surface area contributed by atoms with Crippen LogP contribution in [0.1, 0.15) is 18.6 Å². The van der Waals surface area contributed by atoms with Crippen molar-refractivity contribution in [3.05, 3.63) is 36.0 Å². The molecule has 4 rings (SSSR count). The Morgan fingerprint density at radius 2 is 2.07 bits per heavy atom. The van der Waals surface area contributed by atoms with Crippen LogP contribution in [0, 0.1) is 0 Å². The van der Waals surface area contributed by atoms with Crippen LogP contribution in [0.15, 0.2) is 38.2 Å². The molecule has 0 bridgehead atoms. The van der Waals surface area contributed by atoms with Crippen molar-refractivity contribution >= 4 is 56.9 Å². The first-order chi connectivity index (χ1) is 14.2. The SMILES string of the molecule is CCSc1nnc(NC(=O)CSc2nnc(CCc3nc4ccccc4[nH]3)o2)s1. The molecule has 3 aromatic heterocycles. The summed E-state index contributed by atoms with van der Waals surface area (Å²) in [5.41, 5.74) is 1.94. The summed E-state index contributed by atoms with van der Waals surface area (Å²) in [7, 11) is 0. The molecule has 29 heavy (non-hydrogen) atoms. The number of benzene rings is 1. The summed E-state index contributed by atoms with van der Waals surface area (Å²) in [4.78, 5) is 19.9. The smallest absolute Gasteiger partial charge is 0.277 e. The predicted octanol–water partition coefficient (Wildman–Crippen LogP) is 3.43. The number of amides is 1. The van der Waals surface area contributed by atoms with Gasteiger partial charge in [0.1, 0.15) is 5.82 Å². The minimum Gasteiger partial charge on any atom is -0.416 e. The van der Waals surface area contributed by atoms with E-state index in [0.717, 1.165) is 27.0 Å². The van der Waals surface area contributed by atoms with E-state index in [0.29, 0.717) is 29.1 Å². The summed E-state index contributed by atoms with van der Waals surface area (Å²) >= 11 is 4.13. The minimum atomic E-state index is -0.193. The van der Waals surface area contributed by atoms with E-state index in [2.05, 4.69) is 35.7 Å². The van der Waals surface area contributed by atoms with Gasteiger partial charge in [0.15, 0.2) is 4.34 Å². The fourth-order valence-corrected chi connectivity index (χ4v) is 4.72. The Balaban J connectivity index is 1.24. The molecular weight excluding hydrogens is 430 g/mol. The number of H-pyrrole nitrogens is 1. The third kappa shape index (κ3) is 5.34. The highest BCUT2D eigenvalue weighted by molar-refractivity contribution is 8.01. The molecule has 0 aliphatic carbocycles. The van der Waals surface area contributed by atoms with Crippen molar-refractivity contribution in [1.29, 1.82) is 0 Å². The maximum Gasteiger partial charge on any atom is 0.277 e. The summed E-state index contributed by atoms with van der Waals surface area (Å²) in [5, 5.41) is 19.5. The molecule has 3 heterocycles. The number of hydrogen-bond acceptors (Lipinski definition) is 10. The molecule has 0 radical (unpaired) electrons. The highest BCUT2D eigenvalue weighted by Gasteiger charge is 2.13. The predicted molar refractivity (Wildman–Crippen MR) is 113 cm³/mol. The van der Waals surface area contributed by atoms with Gasteiger partial charge in [-0.3, -0.25) is 10.1 Å². The van der Waals surface area contributed by atoms with Gasteiger partial charge in [-0.25, -0.2) is 4.98 Å². The molecule has 150 valence electrons. The average molecular weight is 448 g/mol. The van der Waals surface area contributed by atoms with Crippen LogP contribution in [0.5, 0.6) is 0 Å². The standard InChI is InChI=1S/C17H17N7O2S3/c1-2-27-17-24-22-15(29-17)20-13(25)9-28-16-23-21-14(26-16)8-7-12-18-10-5-3-4-6-11(10)19-12/h3-6H,2,7-9H2,1H3,(H,18,19)(H,20,22,25). The van der Waals surface area contributed by atoms with Crippen LogP contribution in [0.2, 0.25) is 0 Å². The van der Waals surface area contributed by atoms with E-state index in [9.17, 15) is 4.79 Å². The second-order valence-electron chi connectivity index (χ2n) is 5.81. The van der Waals surface area contributed by atoms with Gasteiger partial charge in [-0.1, -0.05) is 53.9 Å². The summed E-state index contributed by atoms with van der Waals surface area (Å²) in [6, 6.07) is 7.88. The van der Waals surface area contributed by atoms with Crippen LogP contribution < -0.4 is 5.32 Å². The van der Waals surface area contributed by atoms with Gasteiger partial charge in [0.25, 0.3) is 5.22 Å². The van der Waals surface area contributed by atoms with Gasteiger partial charge >= 0.3 is 0 Å². The van der Waals surface area contributed by atoms with E-state index in [1.54, 1.807) is 11.8 Å². The van der Waals surface area contributed by atoms with Gasteiger partial charge in [0.2, 0.25) is 16.9 Å². The zero-order valence-corrected chi connectivity index (χ0v) is 17.9. The summed E-state index contributed by atoms with van der Waals surface area (Å²) in [6.45, 7) is 2.04. The van der Waals surface area contributed by atoms with E-state index in [1.165, 1.54) is 23.1 Å². The van der Waals surface area contributed by atoms with Crippen LogP contribution in [0.3, 0.4) is 0 Å². The van der Waals surface area contributed by atoms with Crippen molar-refractivity contribution in [3.8, 4) is 0 Å². The molecule has 12 heteroatoms. The van der Waals surface area contributed by atoms with Crippen LogP contribution in [0.25, 0.3) is 11.0 Å². The zero-order valence-electron chi connectivity index (χ0n) is 15.4. The first-order valence-electron chi connectivity index (χ1n) is 8.84. The Bertz CT molecular complexity index is 1070. The largest absolute Gasteiger partial charge is 0.416 e. The van der Waals surface area contributed by atoms with Crippen molar-refractivity contribution in [1.82, 2.24) is 30.4 Å². The Labute approximate surface area is 178 Å². The molecule has 1 amide bonds. The second-order valence-corrected chi connectivity index (χ2v) is 9.22. The molecular formula is C17H17N7O2S3. The van der Waals surface area contributed by atoms with Gasteiger partial charge < -0.3 is 9.40 Å². The minimum absolute atomic E-state index is 0.154. The van der Waals surface area contributed by atoms with Gasteiger partial charge in [0, 0.05) is 12.8 Å². The third-order valence-corrected chi connectivity index (χ3v) is 6.38. The molecule has 0 spiro atoms. The zero-order chi connectivity index (χ0) is 20.1. The van der Waals surface area contributed by atoms with Crippen LogP contribution in [-0.4, -0.2) is 47.8 Å². The second kappa shape index (κ2) is 9.37. The van der Waals surface area contributed by atoms with Crippen molar-refractivity contribution in [2.24, 2.45) is 0 Å². The molecule has 0 unspecified atom stereocenters. The lowest BCUT2D eigenvalue weighted by molar-refractivity contribution is -0.113.